The van der Waals surface area contributed by atoms with Crippen molar-refractivity contribution >= 4 is 0 Å². The number of benzene rings is 2. The first kappa shape index (κ1) is 15.6. The van der Waals surface area contributed by atoms with Gasteiger partial charge in [-0.25, -0.2) is 0 Å². The van der Waals surface area contributed by atoms with Gasteiger partial charge in [-0.3, -0.25) is 0 Å². The molecule has 1 N–H and O–H groups in total. The summed E-state index contributed by atoms with van der Waals surface area (Å²) in [5.41, 5.74) is 5.21. The number of hydrogen-bond donors (Lipinski definition) is 1. The largest absolute Gasteiger partial charge is 0.489 e. The summed E-state index contributed by atoms with van der Waals surface area (Å²) in [7, 11) is 1.96. The van der Waals surface area contributed by atoms with Gasteiger partial charge in [0.05, 0.1) is 0 Å². The fourth-order valence-electron chi connectivity index (χ4n) is 2.61. The van der Waals surface area contributed by atoms with Crippen molar-refractivity contribution in [2.24, 2.45) is 0 Å². The summed E-state index contributed by atoms with van der Waals surface area (Å²) in [4.78, 5) is 0. The molecule has 0 aliphatic heterocycles. The first-order valence-electron chi connectivity index (χ1n) is 7.56. The van der Waals surface area contributed by atoms with Gasteiger partial charge in [0.1, 0.15) is 12.4 Å². The molecule has 0 spiro atoms. The van der Waals surface area contributed by atoms with Gasteiger partial charge in [0.25, 0.3) is 0 Å². The molecule has 2 nitrogen and oxygen atoms in total. The second-order valence-electron chi connectivity index (χ2n) is 5.76. The second-order valence-corrected chi connectivity index (χ2v) is 5.76. The normalized spacial score (nSPS) is 10.9. The lowest BCUT2D eigenvalue weighted by molar-refractivity contribution is 0.304. The molecular formula is C19H25NO. The van der Waals surface area contributed by atoms with Crippen molar-refractivity contribution in [3.63, 3.8) is 0 Å². The average molecular weight is 283 g/mol. The monoisotopic (exact) mass is 283 g/mol. The number of hydrogen-bond acceptors (Lipinski definition) is 2. The molecule has 0 atom stereocenters. The summed E-state index contributed by atoms with van der Waals surface area (Å²) in [5.74, 6) is 1.49. The summed E-state index contributed by atoms with van der Waals surface area (Å²) < 4.78 is 5.97. The van der Waals surface area contributed by atoms with Crippen LogP contribution in [0, 0.1) is 6.92 Å². The van der Waals surface area contributed by atoms with Gasteiger partial charge in [0, 0.05) is 6.54 Å². The van der Waals surface area contributed by atoms with E-state index in [1.54, 1.807) is 0 Å². The first-order chi connectivity index (χ1) is 10.1. The predicted octanol–water partition coefficient (Wildman–Crippen LogP) is 4.42. The minimum Gasteiger partial charge on any atom is -0.489 e. The van der Waals surface area contributed by atoms with Gasteiger partial charge < -0.3 is 10.1 Å². The van der Waals surface area contributed by atoms with E-state index in [0.717, 1.165) is 12.3 Å². The second kappa shape index (κ2) is 7.28. The Labute approximate surface area is 128 Å². The fraction of sp³-hybridized carbons (Fsp3) is 0.368. The van der Waals surface area contributed by atoms with Gasteiger partial charge in [-0.15, -0.1) is 0 Å². The van der Waals surface area contributed by atoms with E-state index in [1.165, 1.54) is 22.3 Å². The van der Waals surface area contributed by atoms with Crippen molar-refractivity contribution in [2.45, 2.75) is 39.8 Å². The van der Waals surface area contributed by atoms with Crippen molar-refractivity contribution in [1.82, 2.24) is 5.32 Å². The maximum Gasteiger partial charge on any atom is 0.120 e. The van der Waals surface area contributed by atoms with E-state index < -0.39 is 0 Å². The average Bonchev–Trinajstić information content (AvgIpc) is 2.46. The van der Waals surface area contributed by atoms with E-state index in [9.17, 15) is 0 Å². The molecule has 0 aliphatic rings. The highest BCUT2D eigenvalue weighted by Gasteiger charge is 2.06. The predicted molar refractivity (Wildman–Crippen MR) is 88.8 cm³/mol. The Balaban J connectivity index is 2.08. The van der Waals surface area contributed by atoms with Gasteiger partial charge in [0.2, 0.25) is 0 Å². The van der Waals surface area contributed by atoms with Crippen LogP contribution in [0.4, 0.5) is 0 Å². The summed E-state index contributed by atoms with van der Waals surface area (Å²) >= 11 is 0. The number of ether oxygens (including phenoxy) is 1. The highest BCUT2D eigenvalue weighted by Crippen LogP contribution is 2.24. The van der Waals surface area contributed by atoms with Crippen LogP contribution in [0.2, 0.25) is 0 Å². The van der Waals surface area contributed by atoms with E-state index >= 15 is 0 Å². The minimum absolute atomic E-state index is 0.551. The third-order valence-electron chi connectivity index (χ3n) is 3.74. The van der Waals surface area contributed by atoms with Crippen LogP contribution < -0.4 is 10.1 Å². The van der Waals surface area contributed by atoms with Gasteiger partial charge >= 0.3 is 0 Å². The molecular weight excluding hydrogens is 258 g/mol. The number of aryl methyl sites for hydroxylation is 1. The molecule has 0 fully saturated rings. The Morgan fingerprint density at radius 3 is 2.38 bits per heavy atom. The number of nitrogens with one attached hydrogen (secondary N) is 1. The first-order valence-corrected chi connectivity index (χ1v) is 7.56. The van der Waals surface area contributed by atoms with Crippen molar-refractivity contribution in [2.75, 3.05) is 7.05 Å². The zero-order valence-corrected chi connectivity index (χ0v) is 13.4. The molecule has 0 bridgehead atoms. The maximum atomic E-state index is 5.97. The summed E-state index contributed by atoms with van der Waals surface area (Å²) in [6.45, 7) is 8.06. The fourth-order valence-corrected chi connectivity index (χ4v) is 2.61. The molecule has 2 heteroatoms. The highest BCUT2D eigenvalue weighted by atomic mass is 16.5. The molecule has 2 aromatic rings. The summed E-state index contributed by atoms with van der Waals surface area (Å²) in [6, 6.07) is 14.8. The molecule has 0 amide bonds. The van der Waals surface area contributed by atoms with Crippen molar-refractivity contribution in [3.8, 4) is 5.75 Å². The van der Waals surface area contributed by atoms with E-state index in [-0.39, 0.29) is 0 Å². The van der Waals surface area contributed by atoms with Crippen LogP contribution in [0.15, 0.2) is 42.5 Å². The van der Waals surface area contributed by atoms with Gasteiger partial charge in [-0.2, -0.15) is 0 Å². The molecule has 0 saturated heterocycles. The molecule has 0 radical (unpaired) electrons. The molecule has 2 rings (SSSR count). The van der Waals surface area contributed by atoms with Crippen molar-refractivity contribution in [3.05, 3.63) is 64.7 Å². The van der Waals surface area contributed by atoms with Crippen molar-refractivity contribution in [1.29, 1.82) is 0 Å². The summed E-state index contributed by atoms with van der Waals surface area (Å²) in [6.07, 6.45) is 0. The van der Waals surface area contributed by atoms with E-state index in [4.69, 9.17) is 4.74 Å². The Morgan fingerprint density at radius 2 is 1.76 bits per heavy atom. The van der Waals surface area contributed by atoms with Crippen molar-refractivity contribution < 1.29 is 4.74 Å². The molecule has 0 saturated carbocycles. The van der Waals surface area contributed by atoms with Gasteiger partial charge in [-0.05, 0) is 54.3 Å². The quantitative estimate of drug-likeness (QED) is 0.847. The molecule has 0 aromatic heterocycles. The molecule has 0 aliphatic carbocycles. The maximum absolute atomic E-state index is 5.97. The van der Waals surface area contributed by atoms with E-state index in [2.05, 4.69) is 68.6 Å². The molecule has 21 heavy (non-hydrogen) atoms. The van der Waals surface area contributed by atoms with Crippen LogP contribution in [0.25, 0.3) is 0 Å². The Kier molecular flexibility index (Phi) is 5.40. The van der Waals surface area contributed by atoms with E-state index in [0.29, 0.717) is 12.5 Å². The van der Waals surface area contributed by atoms with E-state index in [1.807, 2.05) is 7.05 Å². The summed E-state index contributed by atoms with van der Waals surface area (Å²) in [5, 5.41) is 3.20. The molecule has 0 unspecified atom stereocenters. The lowest BCUT2D eigenvalue weighted by Crippen LogP contribution is -2.09. The Bertz CT molecular complexity index is 590. The Hall–Kier alpha value is -1.80. The topological polar surface area (TPSA) is 21.3 Å². The zero-order valence-electron chi connectivity index (χ0n) is 13.4. The minimum atomic E-state index is 0.551. The van der Waals surface area contributed by atoms with Crippen LogP contribution in [0.5, 0.6) is 5.75 Å². The van der Waals surface area contributed by atoms with Crippen LogP contribution >= 0.6 is 0 Å². The molecule has 0 heterocycles. The van der Waals surface area contributed by atoms with Crippen LogP contribution in [0.3, 0.4) is 0 Å². The Morgan fingerprint density at radius 1 is 1.05 bits per heavy atom. The zero-order chi connectivity index (χ0) is 15.2. The number of rotatable bonds is 6. The molecule has 2 aromatic carbocycles. The smallest absolute Gasteiger partial charge is 0.120 e. The molecule has 112 valence electrons. The SMILES string of the molecule is CNCc1ccccc1COc1ccc(C(C)C)c(C)c1. The lowest BCUT2D eigenvalue weighted by atomic mass is 9.98. The van der Waals surface area contributed by atoms with Crippen LogP contribution in [-0.4, -0.2) is 7.05 Å². The van der Waals surface area contributed by atoms with Gasteiger partial charge in [-0.1, -0.05) is 44.2 Å². The third kappa shape index (κ3) is 4.08. The van der Waals surface area contributed by atoms with Crippen LogP contribution in [0.1, 0.15) is 42.0 Å². The highest BCUT2D eigenvalue weighted by molar-refractivity contribution is 5.37. The van der Waals surface area contributed by atoms with Gasteiger partial charge in [0.15, 0.2) is 0 Å². The standard InChI is InChI=1S/C19H25NO/c1-14(2)19-10-9-18(11-15(19)3)21-13-17-8-6-5-7-16(17)12-20-4/h5-11,14,20H,12-13H2,1-4H3. The van der Waals surface area contributed by atoms with Crippen LogP contribution in [-0.2, 0) is 13.2 Å². The lowest BCUT2D eigenvalue weighted by Gasteiger charge is -2.14. The third-order valence-corrected chi connectivity index (χ3v) is 3.74.